The number of benzene rings is 2. The molecule has 48 heavy (non-hydrogen) atoms. The fourth-order valence-electron chi connectivity index (χ4n) is 5.63. The van der Waals surface area contributed by atoms with E-state index in [-0.39, 0.29) is 33.0 Å². The van der Waals surface area contributed by atoms with Gasteiger partial charge in [0.2, 0.25) is 12.0 Å². The van der Waals surface area contributed by atoms with Gasteiger partial charge in [0.25, 0.3) is 36.4 Å². The van der Waals surface area contributed by atoms with Crippen molar-refractivity contribution >= 4 is 17.8 Å². The van der Waals surface area contributed by atoms with E-state index in [0.29, 0.717) is 6.07 Å². The number of nitrogens with one attached hydrogen (secondary N) is 2. The molecule has 0 saturated carbocycles. The maximum atomic E-state index is 14.9. The van der Waals surface area contributed by atoms with Gasteiger partial charge in [0, 0.05) is 37.7 Å². The number of primary amides is 1. The molecule has 18 heteroatoms. The molecule has 1 aromatic heterocycles. The van der Waals surface area contributed by atoms with Crippen LogP contribution in [0.3, 0.4) is 0 Å². The zero-order chi connectivity index (χ0) is 35.1. The number of carbonyl (C=O) groups is 2. The number of hydrogen-bond acceptors (Lipinski definition) is 6. The molecule has 254 valence electrons. The highest BCUT2D eigenvalue weighted by Gasteiger charge is 2.64. The minimum atomic E-state index is -4.05. The largest absolute Gasteiger partial charge is 0.366 e. The predicted molar refractivity (Wildman–Crippen MR) is 150 cm³/mol. The van der Waals surface area contributed by atoms with E-state index in [4.69, 9.17) is 5.73 Å². The first-order valence-electron chi connectivity index (χ1n) is 14.2. The quantitative estimate of drug-likeness (QED) is 0.191. The second-order valence-corrected chi connectivity index (χ2v) is 11.0. The molecule has 0 radical (unpaired) electrons. The van der Waals surface area contributed by atoms with E-state index in [1.165, 1.54) is 19.3 Å². The van der Waals surface area contributed by atoms with E-state index >= 15 is 0 Å². The highest BCUT2D eigenvalue weighted by Crippen LogP contribution is 2.51. The van der Waals surface area contributed by atoms with Crippen LogP contribution in [0.25, 0.3) is 11.1 Å². The Labute approximate surface area is 265 Å². The Hall–Kier alpha value is -5.03. The van der Waals surface area contributed by atoms with Crippen LogP contribution in [0.15, 0.2) is 59.0 Å². The third-order valence-electron chi connectivity index (χ3n) is 7.71. The topological polar surface area (TPSA) is 125 Å². The molecule has 5 rings (SSSR count). The van der Waals surface area contributed by atoms with Crippen LogP contribution < -0.4 is 16.4 Å². The lowest BCUT2D eigenvalue weighted by Crippen LogP contribution is -2.42. The SMILES string of the molecule is CNc1ncc(-c2ccc(F)c(C(N)=O)c2)c([C@H](Cc2cc(F)cc(F)c2)NC(=O)C[N+]2=NC(C(F)F)C3=C2C(F)(F)CCC3(F)F)n1. The average Bonchev–Trinajstić information content (AvgIpc) is 3.40. The van der Waals surface area contributed by atoms with Crippen molar-refractivity contribution in [2.75, 3.05) is 18.9 Å². The number of amides is 2. The number of hydrogen-bond donors (Lipinski definition) is 3. The highest BCUT2D eigenvalue weighted by atomic mass is 19.3. The molecule has 1 aliphatic heterocycles. The summed E-state index contributed by atoms with van der Waals surface area (Å²) in [6.07, 6.45) is -5.62. The summed E-state index contributed by atoms with van der Waals surface area (Å²) in [6.45, 7) is -1.23. The van der Waals surface area contributed by atoms with E-state index in [2.05, 4.69) is 25.7 Å². The molecule has 2 heterocycles. The van der Waals surface area contributed by atoms with Gasteiger partial charge in [0.15, 0.2) is 0 Å². The third kappa shape index (κ3) is 6.82. The summed E-state index contributed by atoms with van der Waals surface area (Å²) in [5.74, 6) is -13.4. The standard InChI is InChI=1S/C30H24F9N7O2/c1-41-28-42-11-18(14-2-3-19(33)17(9-14)27(40)48)23(44-28)20(8-13-6-15(31)10-16(32)7-13)43-21(47)12-46-25-22(24(45-46)26(34)35)29(36,37)4-5-30(25,38)39/h2-3,6-7,9-11,20,24,26H,4-5,8,12H2,1H3,(H3-,40,41,42,43,44,47,48)/p+1/t20-,24?/m0/s1. The number of rotatable bonds is 10. The Kier molecular flexibility index (Phi) is 9.20. The summed E-state index contributed by atoms with van der Waals surface area (Å²) >= 11 is 0. The second kappa shape index (κ2) is 12.9. The first-order valence-corrected chi connectivity index (χ1v) is 14.2. The van der Waals surface area contributed by atoms with Crippen molar-refractivity contribution in [2.24, 2.45) is 10.8 Å². The van der Waals surface area contributed by atoms with E-state index in [9.17, 15) is 49.1 Å². The fraction of sp³-hybridized carbons (Fsp3) is 0.333. The number of anilines is 1. The molecule has 1 aliphatic carbocycles. The van der Waals surface area contributed by atoms with E-state index in [1.54, 1.807) is 0 Å². The Bertz CT molecular complexity index is 1830. The van der Waals surface area contributed by atoms with Crippen LogP contribution in [-0.4, -0.2) is 64.4 Å². The number of carbonyl (C=O) groups excluding carboxylic acids is 2. The van der Waals surface area contributed by atoms with Crippen LogP contribution in [-0.2, 0) is 11.2 Å². The minimum Gasteiger partial charge on any atom is -0.366 e. The van der Waals surface area contributed by atoms with Gasteiger partial charge in [-0.3, -0.25) is 9.59 Å². The summed E-state index contributed by atoms with van der Waals surface area (Å²) in [6, 6.07) is 1.58. The van der Waals surface area contributed by atoms with E-state index < -0.39 is 102 Å². The number of nitrogens with zero attached hydrogens (tertiary/aromatic N) is 4. The van der Waals surface area contributed by atoms with Crippen molar-refractivity contribution in [1.82, 2.24) is 15.3 Å². The van der Waals surface area contributed by atoms with Crippen molar-refractivity contribution in [3.8, 4) is 11.1 Å². The lowest BCUT2D eigenvalue weighted by atomic mass is 9.86. The van der Waals surface area contributed by atoms with Crippen molar-refractivity contribution in [2.45, 2.75) is 49.6 Å². The van der Waals surface area contributed by atoms with Gasteiger partial charge in [-0.05, 0) is 46.9 Å². The van der Waals surface area contributed by atoms with Gasteiger partial charge in [0.1, 0.15) is 23.0 Å². The third-order valence-corrected chi connectivity index (χ3v) is 7.71. The van der Waals surface area contributed by atoms with Crippen LogP contribution in [0.4, 0.5) is 45.5 Å². The lowest BCUT2D eigenvalue weighted by molar-refractivity contribution is -0.549. The summed E-state index contributed by atoms with van der Waals surface area (Å²) in [4.78, 5) is 33.7. The van der Waals surface area contributed by atoms with Crippen molar-refractivity contribution in [3.63, 3.8) is 0 Å². The molecule has 2 amide bonds. The average molecular weight is 687 g/mol. The Morgan fingerprint density at radius 1 is 1.02 bits per heavy atom. The number of azo groups is 2. The minimum absolute atomic E-state index is 0.0441. The molecule has 0 bridgehead atoms. The summed E-state index contributed by atoms with van der Waals surface area (Å²) < 4.78 is 130. The number of allylic oxidation sites excluding steroid dienone is 1. The molecule has 2 atom stereocenters. The van der Waals surface area contributed by atoms with Gasteiger partial charge < -0.3 is 16.4 Å². The molecule has 1 unspecified atom stereocenters. The van der Waals surface area contributed by atoms with Gasteiger partial charge in [-0.25, -0.2) is 40.7 Å². The number of nitrogens with two attached hydrogens (primary N) is 1. The zero-order valence-corrected chi connectivity index (χ0v) is 24.7. The molecule has 9 nitrogen and oxygen atoms in total. The van der Waals surface area contributed by atoms with Crippen LogP contribution in [0.5, 0.6) is 0 Å². The molecule has 0 saturated heterocycles. The molecule has 2 aliphatic rings. The van der Waals surface area contributed by atoms with Crippen molar-refractivity contribution < 1.29 is 53.8 Å². The van der Waals surface area contributed by atoms with Crippen LogP contribution in [0, 0.1) is 17.5 Å². The summed E-state index contributed by atoms with van der Waals surface area (Å²) in [7, 11) is 1.43. The predicted octanol–water partition coefficient (Wildman–Crippen LogP) is 5.53. The molecule has 3 aromatic rings. The van der Waals surface area contributed by atoms with Crippen molar-refractivity contribution in [3.05, 3.63) is 88.1 Å². The molecule has 2 aromatic carbocycles. The highest BCUT2D eigenvalue weighted by molar-refractivity contribution is 5.94. The van der Waals surface area contributed by atoms with Gasteiger partial charge in [-0.2, -0.15) is 8.78 Å². The number of halogens is 9. The Morgan fingerprint density at radius 3 is 2.31 bits per heavy atom. The maximum absolute atomic E-state index is 14.9. The van der Waals surface area contributed by atoms with Gasteiger partial charge >= 0.3 is 5.92 Å². The first kappa shape index (κ1) is 34.3. The van der Waals surface area contributed by atoms with E-state index in [1.807, 2.05) is 0 Å². The molecular formula is C30H25F9N7O2+. The first-order chi connectivity index (χ1) is 22.5. The second-order valence-electron chi connectivity index (χ2n) is 11.0. The van der Waals surface area contributed by atoms with Crippen LogP contribution in [0.1, 0.15) is 40.5 Å². The molecule has 0 spiro atoms. The monoisotopic (exact) mass is 686 g/mol. The molecular weight excluding hydrogens is 661 g/mol. The fourth-order valence-corrected chi connectivity index (χ4v) is 5.63. The molecule has 0 fully saturated rings. The van der Waals surface area contributed by atoms with Crippen LogP contribution in [0.2, 0.25) is 0 Å². The van der Waals surface area contributed by atoms with E-state index in [0.717, 1.165) is 24.3 Å². The van der Waals surface area contributed by atoms with Crippen LogP contribution >= 0.6 is 0 Å². The summed E-state index contributed by atoms with van der Waals surface area (Å²) in [5.41, 5.74) is 1.67. The van der Waals surface area contributed by atoms with Crippen molar-refractivity contribution in [1.29, 1.82) is 0 Å². The van der Waals surface area contributed by atoms with Gasteiger partial charge in [-0.1, -0.05) is 10.8 Å². The zero-order valence-electron chi connectivity index (χ0n) is 24.7. The lowest BCUT2D eigenvalue weighted by Gasteiger charge is -2.27. The maximum Gasteiger partial charge on any atom is 0.332 e. The Morgan fingerprint density at radius 2 is 1.69 bits per heavy atom. The number of alkyl halides is 6. The Balaban J connectivity index is 1.59. The smallest absolute Gasteiger partial charge is 0.332 e. The summed E-state index contributed by atoms with van der Waals surface area (Å²) in [5, 5.41) is 8.44. The molecule has 4 N–H and O–H groups in total. The van der Waals surface area contributed by atoms with Gasteiger partial charge in [-0.15, -0.1) is 0 Å². The number of aromatic nitrogens is 2. The normalized spacial score (nSPS) is 18.7. The van der Waals surface area contributed by atoms with Gasteiger partial charge in [0.05, 0.1) is 17.3 Å².